The van der Waals surface area contributed by atoms with E-state index in [0.717, 1.165) is 37.7 Å². The zero-order valence-corrected chi connectivity index (χ0v) is 12.0. The molecule has 1 aromatic rings. The third-order valence-electron chi connectivity index (χ3n) is 3.94. The van der Waals surface area contributed by atoms with Gasteiger partial charge in [0.25, 0.3) is 0 Å². The maximum absolute atomic E-state index is 13.5. The Balaban J connectivity index is 2.08. The second kappa shape index (κ2) is 6.33. The van der Waals surface area contributed by atoms with Crippen LogP contribution in [0.1, 0.15) is 29.3 Å². The lowest BCUT2D eigenvalue weighted by Gasteiger charge is -2.39. The molecule has 0 aliphatic carbocycles. The number of hydrogen-bond acceptors (Lipinski definition) is 3. The Labute approximate surface area is 118 Å². The maximum atomic E-state index is 13.5. The molecule has 1 saturated heterocycles. The molecular formula is C15H21FN2O2. The molecule has 1 atom stereocenters. The highest BCUT2D eigenvalue weighted by Gasteiger charge is 2.23. The molecule has 0 spiro atoms. The Morgan fingerprint density at radius 2 is 2.15 bits per heavy atom. The molecular weight excluding hydrogens is 259 g/mol. The van der Waals surface area contributed by atoms with Crippen LogP contribution in [-0.2, 0) is 6.54 Å². The number of carboxylic acid groups (broad SMARTS) is 1. The van der Waals surface area contributed by atoms with E-state index in [1.165, 1.54) is 6.07 Å². The van der Waals surface area contributed by atoms with Crippen LogP contribution >= 0.6 is 0 Å². The SMILES string of the molecule is CCC1CN(Cc2cc(F)cc(C(=O)O)c2)CCN1C. The van der Waals surface area contributed by atoms with Gasteiger partial charge in [-0.1, -0.05) is 6.92 Å². The number of aromatic carboxylic acids is 1. The fraction of sp³-hybridized carbons (Fsp3) is 0.533. The lowest BCUT2D eigenvalue weighted by molar-refractivity contribution is 0.0695. The summed E-state index contributed by atoms with van der Waals surface area (Å²) in [6, 6.07) is 4.55. The zero-order chi connectivity index (χ0) is 14.7. The highest BCUT2D eigenvalue weighted by Crippen LogP contribution is 2.16. The molecule has 1 heterocycles. The van der Waals surface area contributed by atoms with Gasteiger partial charge in [0.15, 0.2) is 0 Å². The fourth-order valence-corrected chi connectivity index (χ4v) is 2.72. The van der Waals surface area contributed by atoms with Crippen molar-refractivity contribution in [2.45, 2.75) is 25.9 Å². The average molecular weight is 280 g/mol. The summed E-state index contributed by atoms with van der Waals surface area (Å²) in [6.45, 7) is 5.61. The van der Waals surface area contributed by atoms with Crippen LogP contribution in [0.5, 0.6) is 0 Å². The standard InChI is InChI=1S/C15H21FN2O2/c1-3-14-10-18(5-4-17(14)2)9-11-6-12(15(19)20)8-13(16)7-11/h6-8,14H,3-5,9-10H2,1-2H3,(H,19,20). The molecule has 1 fully saturated rings. The van der Waals surface area contributed by atoms with Gasteiger partial charge in [-0.2, -0.15) is 0 Å². The van der Waals surface area contributed by atoms with Crippen molar-refractivity contribution < 1.29 is 14.3 Å². The van der Waals surface area contributed by atoms with Gasteiger partial charge in [-0.15, -0.1) is 0 Å². The van der Waals surface area contributed by atoms with E-state index < -0.39 is 11.8 Å². The average Bonchev–Trinajstić information content (AvgIpc) is 2.40. The quantitative estimate of drug-likeness (QED) is 0.916. The maximum Gasteiger partial charge on any atom is 0.335 e. The van der Waals surface area contributed by atoms with Gasteiger partial charge in [0.2, 0.25) is 0 Å². The van der Waals surface area contributed by atoms with Crippen LogP contribution in [0, 0.1) is 5.82 Å². The molecule has 5 heteroatoms. The highest BCUT2D eigenvalue weighted by atomic mass is 19.1. The molecule has 0 bridgehead atoms. The van der Waals surface area contributed by atoms with E-state index in [9.17, 15) is 9.18 Å². The monoisotopic (exact) mass is 280 g/mol. The summed E-state index contributed by atoms with van der Waals surface area (Å²) in [5, 5.41) is 8.97. The van der Waals surface area contributed by atoms with Gasteiger partial charge in [-0.05, 0) is 37.2 Å². The van der Waals surface area contributed by atoms with E-state index in [1.807, 2.05) is 0 Å². The number of rotatable bonds is 4. The van der Waals surface area contributed by atoms with Gasteiger partial charge in [0.05, 0.1) is 5.56 Å². The number of benzene rings is 1. The fourth-order valence-electron chi connectivity index (χ4n) is 2.72. The smallest absolute Gasteiger partial charge is 0.335 e. The minimum absolute atomic E-state index is 0.0150. The summed E-state index contributed by atoms with van der Waals surface area (Å²) in [4.78, 5) is 15.5. The third-order valence-corrected chi connectivity index (χ3v) is 3.94. The predicted molar refractivity (Wildman–Crippen MR) is 75.3 cm³/mol. The Kier molecular flexibility index (Phi) is 4.73. The normalized spacial score (nSPS) is 21.1. The highest BCUT2D eigenvalue weighted by molar-refractivity contribution is 5.87. The Hall–Kier alpha value is -1.46. The third kappa shape index (κ3) is 3.55. The number of carbonyl (C=O) groups is 1. The van der Waals surface area contributed by atoms with E-state index >= 15 is 0 Å². The number of likely N-dealkylation sites (N-methyl/N-ethyl adjacent to an activating group) is 1. The van der Waals surface area contributed by atoms with Crippen LogP contribution in [0.15, 0.2) is 18.2 Å². The van der Waals surface area contributed by atoms with Crippen molar-refractivity contribution >= 4 is 5.97 Å². The topological polar surface area (TPSA) is 43.8 Å². The Morgan fingerprint density at radius 1 is 1.40 bits per heavy atom. The number of nitrogens with zero attached hydrogens (tertiary/aromatic N) is 2. The lowest BCUT2D eigenvalue weighted by Crippen LogP contribution is -2.50. The number of piperazine rings is 1. The van der Waals surface area contributed by atoms with Crippen LogP contribution in [0.3, 0.4) is 0 Å². The van der Waals surface area contributed by atoms with Gasteiger partial charge in [-0.3, -0.25) is 4.90 Å². The molecule has 4 nitrogen and oxygen atoms in total. The summed E-state index contributed by atoms with van der Waals surface area (Å²) < 4.78 is 13.5. The molecule has 0 radical (unpaired) electrons. The first-order chi connectivity index (χ1) is 9.49. The van der Waals surface area contributed by atoms with E-state index in [0.29, 0.717) is 12.6 Å². The summed E-state index contributed by atoms with van der Waals surface area (Å²) in [6.07, 6.45) is 1.08. The minimum Gasteiger partial charge on any atom is -0.478 e. The summed E-state index contributed by atoms with van der Waals surface area (Å²) in [5.74, 6) is -1.57. The summed E-state index contributed by atoms with van der Waals surface area (Å²) in [7, 11) is 2.12. The molecule has 1 aromatic carbocycles. The van der Waals surface area contributed by atoms with Crippen molar-refractivity contribution in [2.24, 2.45) is 0 Å². The molecule has 1 unspecified atom stereocenters. The molecule has 0 aromatic heterocycles. The van der Waals surface area contributed by atoms with Crippen molar-refractivity contribution in [3.63, 3.8) is 0 Å². The summed E-state index contributed by atoms with van der Waals surface area (Å²) in [5.41, 5.74) is 0.739. The second-order valence-electron chi connectivity index (χ2n) is 5.43. The number of halogens is 1. The Bertz CT molecular complexity index is 493. The van der Waals surface area contributed by atoms with Gasteiger partial charge >= 0.3 is 5.97 Å². The van der Waals surface area contributed by atoms with Crippen LogP contribution in [0.4, 0.5) is 4.39 Å². The molecule has 20 heavy (non-hydrogen) atoms. The van der Waals surface area contributed by atoms with Gasteiger partial charge in [-0.25, -0.2) is 9.18 Å². The van der Waals surface area contributed by atoms with Crippen molar-refractivity contribution in [3.05, 3.63) is 35.1 Å². The first-order valence-electron chi connectivity index (χ1n) is 6.95. The molecule has 0 amide bonds. The second-order valence-corrected chi connectivity index (χ2v) is 5.43. The van der Waals surface area contributed by atoms with Crippen LogP contribution in [-0.4, -0.2) is 53.6 Å². The van der Waals surface area contributed by atoms with Gasteiger partial charge < -0.3 is 10.0 Å². The first-order valence-corrected chi connectivity index (χ1v) is 6.95. The molecule has 1 aliphatic rings. The zero-order valence-electron chi connectivity index (χ0n) is 12.0. The van der Waals surface area contributed by atoms with Crippen molar-refractivity contribution in [1.82, 2.24) is 9.80 Å². The van der Waals surface area contributed by atoms with Crippen LogP contribution in [0.2, 0.25) is 0 Å². The number of hydrogen-bond donors (Lipinski definition) is 1. The van der Waals surface area contributed by atoms with Gasteiger partial charge in [0.1, 0.15) is 5.82 Å². The van der Waals surface area contributed by atoms with Crippen LogP contribution in [0.25, 0.3) is 0 Å². The molecule has 1 aliphatic heterocycles. The molecule has 0 saturated carbocycles. The molecule has 2 rings (SSSR count). The van der Waals surface area contributed by atoms with Crippen molar-refractivity contribution in [1.29, 1.82) is 0 Å². The van der Waals surface area contributed by atoms with Gasteiger partial charge in [0, 0.05) is 32.2 Å². The van der Waals surface area contributed by atoms with Crippen molar-refractivity contribution in [2.75, 3.05) is 26.7 Å². The minimum atomic E-state index is -1.09. The van der Waals surface area contributed by atoms with E-state index in [1.54, 1.807) is 6.07 Å². The van der Waals surface area contributed by atoms with Crippen molar-refractivity contribution in [3.8, 4) is 0 Å². The van der Waals surface area contributed by atoms with E-state index in [4.69, 9.17) is 5.11 Å². The van der Waals surface area contributed by atoms with E-state index in [2.05, 4.69) is 23.8 Å². The summed E-state index contributed by atoms with van der Waals surface area (Å²) >= 11 is 0. The molecule has 110 valence electrons. The molecule has 1 N–H and O–H groups in total. The van der Waals surface area contributed by atoms with E-state index in [-0.39, 0.29) is 5.56 Å². The van der Waals surface area contributed by atoms with Crippen LogP contribution < -0.4 is 0 Å². The first kappa shape index (κ1) is 14.9. The predicted octanol–water partition coefficient (Wildman–Crippen LogP) is 2.05. The largest absolute Gasteiger partial charge is 0.478 e. The Morgan fingerprint density at radius 3 is 2.80 bits per heavy atom. The number of carboxylic acids is 1. The lowest BCUT2D eigenvalue weighted by atomic mass is 10.1.